The Balaban J connectivity index is 2.20. The number of hydrogen-bond donors (Lipinski definition) is 3. The number of carbonyl (C=O) groups is 1. The van der Waals surface area contributed by atoms with Gasteiger partial charge in [0.1, 0.15) is 0 Å². The van der Waals surface area contributed by atoms with E-state index in [-0.39, 0.29) is 17.8 Å². The van der Waals surface area contributed by atoms with Crippen molar-refractivity contribution in [2.24, 2.45) is 0 Å². The van der Waals surface area contributed by atoms with Crippen molar-refractivity contribution in [1.82, 2.24) is 20.3 Å². The van der Waals surface area contributed by atoms with Crippen molar-refractivity contribution in [2.45, 2.75) is 26.3 Å². The molecule has 0 aliphatic heterocycles. The molecule has 118 valence electrons. The number of aromatic nitrogens is 1. The maximum atomic E-state index is 11.7. The van der Waals surface area contributed by atoms with Crippen LogP contribution in [0.3, 0.4) is 0 Å². The number of carbonyl (C=O) groups excluding carboxylic acids is 1. The number of hydrogen-bond acceptors (Lipinski definition) is 4. The second-order valence-electron chi connectivity index (χ2n) is 4.53. The van der Waals surface area contributed by atoms with Gasteiger partial charge in [-0.2, -0.15) is 0 Å². The lowest BCUT2D eigenvalue weighted by atomic mass is 10.2. The Bertz CT molecular complexity index is 534. The molecule has 1 unspecified atom stereocenters. The third-order valence-electron chi connectivity index (χ3n) is 2.82. The predicted octanol–water partition coefficient (Wildman–Crippen LogP) is 0.771. The zero-order valence-corrected chi connectivity index (χ0v) is 13.1. The average molecular weight is 314 g/mol. The quantitative estimate of drug-likeness (QED) is 0.617. The lowest BCUT2D eigenvalue weighted by Gasteiger charge is -2.14. The van der Waals surface area contributed by atoms with Crippen LogP contribution in [0.4, 0.5) is 4.79 Å². The average Bonchev–Trinajstić information content (AvgIpc) is 2.47. The fourth-order valence-corrected chi connectivity index (χ4v) is 2.23. The molecule has 0 aromatic carbocycles. The Hall–Kier alpha value is -1.67. The molecule has 0 aliphatic rings. The van der Waals surface area contributed by atoms with E-state index in [0.717, 1.165) is 5.69 Å². The van der Waals surface area contributed by atoms with Crippen molar-refractivity contribution in [3.8, 4) is 0 Å². The topological polar surface area (TPSA) is 100 Å². The monoisotopic (exact) mass is 314 g/mol. The Morgan fingerprint density at radius 2 is 2.10 bits per heavy atom. The van der Waals surface area contributed by atoms with Gasteiger partial charge in [0.15, 0.2) is 0 Å². The number of rotatable bonds is 8. The first kappa shape index (κ1) is 17.4. The van der Waals surface area contributed by atoms with Crippen LogP contribution in [-0.4, -0.2) is 38.3 Å². The predicted molar refractivity (Wildman–Crippen MR) is 81.3 cm³/mol. The van der Waals surface area contributed by atoms with Crippen molar-refractivity contribution in [1.29, 1.82) is 0 Å². The molecule has 0 spiro atoms. The molecule has 3 N–H and O–H groups in total. The van der Waals surface area contributed by atoms with E-state index in [2.05, 4.69) is 20.3 Å². The van der Waals surface area contributed by atoms with E-state index in [1.165, 1.54) is 0 Å². The minimum absolute atomic E-state index is 0.0580. The Morgan fingerprint density at radius 1 is 1.33 bits per heavy atom. The highest BCUT2D eigenvalue weighted by Crippen LogP contribution is 2.06. The van der Waals surface area contributed by atoms with E-state index >= 15 is 0 Å². The molecular weight excluding hydrogens is 292 g/mol. The summed E-state index contributed by atoms with van der Waals surface area (Å²) in [7, 11) is -3.16. The molecule has 1 aromatic heterocycles. The molecule has 0 radical (unpaired) electrons. The van der Waals surface area contributed by atoms with Crippen molar-refractivity contribution in [3.63, 3.8) is 0 Å². The zero-order chi connectivity index (χ0) is 15.7. The molecule has 0 saturated carbocycles. The molecule has 1 atom stereocenters. The summed E-state index contributed by atoms with van der Waals surface area (Å²) in [4.78, 5) is 15.8. The number of amides is 2. The summed E-state index contributed by atoms with van der Waals surface area (Å²) in [5, 5.41) is 5.44. The van der Waals surface area contributed by atoms with Crippen molar-refractivity contribution in [2.75, 3.05) is 18.8 Å². The van der Waals surface area contributed by atoms with Crippen LogP contribution in [0.1, 0.15) is 32.0 Å². The van der Waals surface area contributed by atoms with Gasteiger partial charge in [-0.05, 0) is 32.4 Å². The summed E-state index contributed by atoms with van der Waals surface area (Å²) in [5.74, 6) is 0.0580. The van der Waals surface area contributed by atoms with E-state index in [9.17, 15) is 13.2 Å². The molecule has 21 heavy (non-hydrogen) atoms. The first-order chi connectivity index (χ1) is 9.94. The van der Waals surface area contributed by atoms with Crippen LogP contribution in [0.25, 0.3) is 0 Å². The van der Waals surface area contributed by atoms with E-state index in [1.54, 1.807) is 13.1 Å². The van der Waals surface area contributed by atoms with Crippen LogP contribution in [0, 0.1) is 0 Å². The Morgan fingerprint density at radius 3 is 2.71 bits per heavy atom. The highest BCUT2D eigenvalue weighted by molar-refractivity contribution is 7.89. The van der Waals surface area contributed by atoms with Crippen molar-refractivity contribution >= 4 is 16.1 Å². The van der Waals surface area contributed by atoms with Crippen LogP contribution in [0.5, 0.6) is 0 Å². The number of urea groups is 1. The minimum Gasteiger partial charge on any atom is -0.338 e. The molecule has 7 nitrogen and oxygen atoms in total. The van der Waals surface area contributed by atoms with E-state index in [1.807, 2.05) is 25.1 Å². The Labute approximate surface area is 125 Å². The second-order valence-corrected chi connectivity index (χ2v) is 6.62. The highest BCUT2D eigenvalue weighted by atomic mass is 32.2. The Kier molecular flexibility index (Phi) is 7.10. The zero-order valence-electron chi connectivity index (χ0n) is 12.3. The molecule has 1 rings (SSSR count). The number of nitrogens with one attached hydrogen (secondary N) is 3. The lowest BCUT2D eigenvalue weighted by molar-refractivity contribution is 0.237. The normalized spacial score (nSPS) is 12.7. The number of nitrogens with zero attached hydrogens (tertiary/aromatic N) is 1. The second kappa shape index (κ2) is 8.58. The fourth-order valence-electron chi connectivity index (χ4n) is 1.57. The third kappa shape index (κ3) is 7.05. The summed E-state index contributed by atoms with van der Waals surface area (Å²) in [6, 6.07) is 5.02. The molecule has 1 aromatic rings. The highest BCUT2D eigenvalue weighted by Gasteiger charge is 2.09. The number of sulfonamides is 1. The van der Waals surface area contributed by atoms with Gasteiger partial charge in [-0.1, -0.05) is 6.07 Å². The molecular formula is C13H22N4O3S. The van der Waals surface area contributed by atoms with Crippen molar-refractivity contribution < 1.29 is 13.2 Å². The molecule has 0 bridgehead atoms. The van der Waals surface area contributed by atoms with Gasteiger partial charge >= 0.3 is 6.03 Å². The smallest absolute Gasteiger partial charge is 0.315 e. The van der Waals surface area contributed by atoms with Gasteiger partial charge in [-0.3, -0.25) is 4.98 Å². The third-order valence-corrected chi connectivity index (χ3v) is 4.22. The lowest BCUT2D eigenvalue weighted by Crippen LogP contribution is -2.38. The first-order valence-electron chi connectivity index (χ1n) is 6.87. The molecule has 0 fully saturated rings. The maximum absolute atomic E-state index is 11.7. The van der Waals surface area contributed by atoms with Crippen LogP contribution in [0.15, 0.2) is 24.4 Å². The van der Waals surface area contributed by atoms with Crippen LogP contribution in [0.2, 0.25) is 0 Å². The van der Waals surface area contributed by atoms with Gasteiger partial charge in [-0.15, -0.1) is 0 Å². The standard InChI is InChI=1S/C13H22N4O3S/c1-3-21(19,20)16-10-6-9-15-13(18)17-11(2)12-7-4-5-8-14-12/h4-5,7-8,11,16H,3,6,9-10H2,1-2H3,(H2,15,17,18). The van der Waals surface area contributed by atoms with Crippen molar-refractivity contribution in [3.05, 3.63) is 30.1 Å². The molecule has 0 aliphatic carbocycles. The van der Waals surface area contributed by atoms with E-state index in [0.29, 0.717) is 19.5 Å². The maximum Gasteiger partial charge on any atom is 0.315 e. The van der Waals surface area contributed by atoms with E-state index < -0.39 is 10.0 Å². The van der Waals surface area contributed by atoms with Crippen LogP contribution >= 0.6 is 0 Å². The SMILES string of the molecule is CCS(=O)(=O)NCCCNC(=O)NC(C)c1ccccn1. The fraction of sp³-hybridized carbons (Fsp3) is 0.538. The number of pyridine rings is 1. The van der Waals surface area contributed by atoms with Gasteiger partial charge in [0, 0.05) is 19.3 Å². The molecule has 1 heterocycles. The van der Waals surface area contributed by atoms with Crippen LogP contribution in [-0.2, 0) is 10.0 Å². The van der Waals surface area contributed by atoms with Gasteiger partial charge in [0.2, 0.25) is 10.0 Å². The molecule has 0 saturated heterocycles. The van der Waals surface area contributed by atoms with Gasteiger partial charge in [-0.25, -0.2) is 17.9 Å². The van der Waals surface area contributed by atoms with Gasteiger partial charge in [0.25, 0.3) is 0 Å². The summed E-state index contributed by atoms with van der Waals surface area (Å²) in [6.45, 7) is 4.13. The summed E-state index contributed by atoms with van der Waals surface area (Å²) >= 11 is 0. The minimum atomic E-state index is -3.16. The largest absolute Gasteiger partial charge is 0.338 e. The summed E-state index contributed by atoms with van der Waals surface area (Å²) in [5.41, 5.74) is 0.781. The van der Waals surface area contributed by atoms with E-state index in [4.69, 9.17) is 0 Å². The van der Waals surface area contributed by atoms with Gasteiger partial charge in [0.05, 0.1) is 17.5 Å². The molecule has 2 amide bonds. The first-order valence-corrected chi connectivity index (χ1v) is 8.52. The van der Waals surface area contributed by atoms with Gasteiger partial charge < -0.3 is 10.6 Å². The van der Waals surface area contributed by atoms with Crippen LogP contribution < -0.4 is 15.4 Å². The summed E-state index contributed by atoms with van der Waals surface area (Å²) < 4.78 is 24.8. The summed E-state index contributed by atoms with van der Waals surface area (Å²) in [6.07, 6.45) is 2.20. The molecule has 8 heteroatoms.